The molecular formula is C25H29N3O3S. The maximum absolute atomic E-state index is 12.4. The lowest BCUT2D eigenvalue weighted by molar-refractivity contribution is -0.111. The number of aryl methyl sites for hydroxylation is 1. The van der Waals surface area contributed by atoms with E-state index in [4.69, 9.17) is 0 Å². The molecule has 0 bridgehead atoms. The van der Waals surface area contributed by atoms with Crippen LogP contribution in [0.15, 0.2) is 48.5 Å². The van der Waals surface area contributed by atoms with E-state index in [1.165, 1.54) is 16.1 Å². The molecule has 1 N–H and O–H groups in total. The Hall–Kier alpha value is -2.74. The molecule has 2 aromatic carbocycles. The number of fused-ring (bicyclic) bond motifs is 1. The summed E-state index contributed by atoms with van der Waals surface area (Å²) in [6.45, 7) is 6.90. The van der Waals surface area contributed by atoms with Gasteiger partial charge < -0.3 is 4.98 Å². The molecule has 3 aromatic rings. The van der Waals surface area contributed by atoms with Crippen LogP contribution in [0.3, 0.4) is 0 Å². The fourth-order valence-corrected chi connectivity index (χ4v) is 5.00. The van der Waals surface area contributed by atoms with Crippen molar-refractivity contribution in [3.8, 4) is 0 Å². The quantitative estimate of drug-likeness (QED) is 0.580. The number of ketones is 1. The topological polar surface area (TPSA) is 73.5 Å². The van der Waals surface area contributed by atoms with Gasteiger partial charge in [-0.1, -0.05) is 30.3 Å². The van der Waals surface area contributed by atoms with Gasteiger partial charge >= 0.3 is 0 Å². The SMILES string of the molecule is CC(=O)/C(=C\c1ccccc1C)c1cc2cc(CN3CCN(S(C)(=O)=O)CC3)ccc2[nH]1. The minimum absolute atomic E-state index is 0.0174. The highest BCUT2D eigenvalue weighted by molar-refractivity contribution is 7.88. The summed E-state index contributed by atoms with van der Waals surface area (Å²) in [7, 11) is -3.12. The third kappa shape index (κ3) is 5.01. The van der Waals surface area contributed by atoms with Crippen LogP contribution in [0.4, 0.5) is 0 Å². The van der Waals surface area contributed by atoms with Gasteiger partial charge in [0.1, 0.15) is 0 Å². The lowest BCUT2D eigenvalue weighted by Crippen LogP contribution is -2.47. The summed E-state index contributed by atoms with van der Waals surface area (Å²) in [4.78, 5) is 18.1. The van der Waals surface area contributed by atoms with Crippen LogP contribution in [-0.2, 0) is 21.4 Å². The van der Waals surface area contributed by atoms with Gasteiger partial charge in [-0.3, -0.25) is 9.69 Å². The maximum Gasteiger partial charge on any atom is 0.211 e. The van der Waals surface area contributed by atoms with Crippen LogP contribution in [0, 0.1) is 6.92 Å². The Morgan fingerprint density at radius 1 is 1.06 bits per heavy atom. The van der Waals surface area contributed by atoms with Crippen LogP contribution < -0.4 is 0 Å². The number of nitrogens with one attached hydrogen (secondary N) is 1. The van der Waals surface area contributed by atoms with E-state index < -0.39 is 10.0 Å². The number of hydrogen-bond acceptors (Lipinski definition) is 4. The molecule has 0 atom stereocenters. The molecule has 1 aromatic heterocycles. The molecule has 0 unspecified atom stereocenters. The normalized spacial score (nSPS) is 16.5. The third-order valence-corrected chi connectivity index (χ3v) is 7.35. The Morgan fingerprint density at radius 2 is 1.78 bits per heavy atom. The highest BCUT2D eigenvalue weighted by atomic mass is 32.2. The maximum atomic E-state index is 12.4. The van der Waals surface area contributed by atoms with Gasteiger partial charge in [0.05, 0.1) is 11.9 Å². The number of allylic oxidation sites excluding steroid dienone is 1. The number of carbonyl (C=O) groups excluding carboxylic acids is 1. The second kappa shape index (κ2) is 9.02. The summed E-state index contributed by atoms with van der Waals surface area (Å²) < 4.78 is 25.0. The van der Waals surface area contributed by atoms with Gasteiger partial charge in [-0.2, -0.15) is 4.31 Å². The molecule has 0 spiro atoms. The zero-order chi connectivity index (χ0) is 22.9. The van der Waals surface area contributed by atoms with Crippen molar-refractivity contribution >= 4 is 38.4 Å². The fourth-order valence-electron chi connectivity index (χ4n) is 4.18. The molecular weight excluding hydrogens is 422 g/mol. The monoisotopic (exact) mass is 451 g/mol. The second-order valence-corrected chi connectivity index (χ2v) is 10.5. The number of hydrogen-bond donors (Lipinski definition) is 1. The standard InChI is InChI=1S/C25H29N3O3S/c1-18-6-4-5-7-21(18)15-23(19(2)29)25-16-22-14-20(8-9-24(22)26-25)17-27-10-12-28(13-11-27)32(3,30)31/h4-9,14-16,26H,10-13,17H2,1-3H3/b23-15+. The van der Waals surface area contributed by atoms with Crippen molar-refractivity contribution in [1.29, 1.82) is 0 Å². The fraction of sp³-hybridized carbons (Fsp3) is 0.320. The average molecular weight is 452 g/mol. The van der Waals surface area contributed by atoms with E-state index in [0.717, 1.165) is 47.4 Å². The Kier molecular flexibility index (Phi) is 6.33. The van der Waals surface area contributed by atoms with Crippen LogP contribution >= 0.6 is 0 Å². The molecule has 2 heterocycles. The van der Waals surface area contributed by atoms with E-state index in [0.29, 0.717) is 18.7 Å². The zero-order valence-corrected chi connectivity index (χ0v) is 19.6. The molecule has 0 saturated carbocycles. The van der Waals surface area contributed by atoms with E-state index in [2.05, 4.69) is 22.0 Å². The molecule has 6 nitrogen and oxygen atoms in total. The second-order valence-electron chi connectivity index (χ2n) is 8.51. The first-order valence-corrected chi connectivity index (χ1v) is 12.6. The number of rotatable bonds is 6. The summed E-state index contributed by atoms with van der Waals surface area (Å²) in [5, 5.41) is 1.06. The Bertz CT molecular complexity index is 1280. The molecule has 1 fully saturated rings. The van der Waals surface area contributed by atoms with E-state index in [9.17, 15) is 13.2 Å². The van der Waals surface area contributed by atoms with Crippen LogP contribution in [0.2, 0.25) is 0 Å². The average Bonchev–Trinajstić information content (AvgIpc) is 3.15. The van der Waals surface area contributed by atoms with E-state index in [1.54, 1.807) is 6.92 Å². The predicted octanol–water partition coefficient (Wildman–Crippen LogP) is 3.68. The molecule has 7 heteroatoms. The summed E-state index contributed by atoms with van der Waals surface area (Å²) in [6.07, 6.45) is 3.22. The smallest absolute Gasteiger partial charge is 0.211 e. The molecule has 1 aliphatic heterocycles. The zero-order valence-electron chi connectivity index (χ0n) is 18.8. The number of piperazine rings is 1. The molecule has 1 aliphatic rings. The number of H-pyrrole nitrogens is 1. The number of sulfonamides is 1. The Morgan fingerprint density at radius 3 is 2.44 bits per heavy atom. The van der Waals surface area contributed by atoms with Gasteiger partial charge in [-0.15, -0.1) is 0 Å². The highest BCUT2D eigenvalue weighted by Gasteiger charge is 2.23. The van der Waals surface area contributed by atoms with Crippen LogP contribution in [0.25, 0.3) is 22.6 Å². The van der Waals surface area contributed by atoms with Crippen molar-refractivity contribution in [3.05, 3.63) is 70.9 Å². The molecule has 0 radical (unpaired) electrons. The van der Waals surface area contributed by atoms with Crippen LogP contribution in [0.1, 0.15) is 29.3 Å². The lowest BCUT2D eigenvalue weighted by Gasteiger charge is -2.33. The van der Waals surface area contributed by atoms with Crippen molar-refractivity contribution in [2.75, 3.05) is 32.4 Å². The minimum Gasteiger partial charge on any atom is -0.354 e. The van der Waals surface area contributed by atoms with Crippen molar-refractivity contribution in [1.82, 2.24) is 14.2 Å². The summed E-state index contributed by atoms with van der Waals surface area (Å²) >= 11 is 0. The number of benzene rings is 2. The third-order valence-electron chi connectivity index (χ3n) is 6.05. The van der Waals surface area contributed by atoms with Crippen molar-refractivity contribution in [2.24, 2.45) is 0 Å². The predicted molar refractivity (Wildman–Crippen MR) is 130 cm³/mol. The molecule has 168 valence electrons. The van der Waals surface area contributed by atoms with Gasteiger partial charge in [0.15, 0.2) is 5.78 Å². The lowest BCUT2D eigenvalue weighted by atomic mass is 10.0. The van der Waals surface area contributed by atoms with Gasteiger partial charge in [0, 0.05) is 49.2 Å². The number of Topliss-reactive ketones (excluding diaryl/α,β-unsaturated/α-hetero) is 1. The van der Waals surface area contributed by atoms with Crippen LogP contribution in [0.5, 0.6) is 0 Å². The highest BCUT2D eigenvalue weighted by Crippen LogP contribution is 2.26. The molecule has 32 heavy (non-hydrogen) atoms. The van der Waals surface area contributed by atoms with Gasteiger partial charge in [-0.25, -0.2) is 8.42 Å². The first-order chi connectivity index (χ1) is 15.2. The van der Waals surface area contributed by atoms with Crippen LogP contribution in [-0.4, -0.2) is 60.8 Å². The molecule has 1 saturated heterocycles. The van der Waals surface area contributed by atoms with Gasteiger partial charge in [0.2, 0.25) is 10.0 Å². The number of carbonyl (C=O) groups is 1. The van der Waals surface area contributed by atoms with Crippen molar-refractivity contribution < 1.29 is 13.2 Å². The summed E-state index contributed by atoms with van der Waals surface area (Å²) in [6, 6.07) is 16.3. The van der Waals surface area contributed by atoms with Crippen molar-refractivity contribution in [3.63, 3.8) is 0 Å². The molecule has 0 amide bonds. The number of aromatic amines is 1. The first-order valence-electron chi connectivity index (χ1n) is 10.8. The number of aromatic nitrogens is 1. The molecule has 4 rings (SSSR count). The van der Waals surface area contributed by atoms with Gasteiger partial charge in [0.25, 0.3) is 0 Å². The summed E-state index contributed by atoms with van der Waals surface area (Å²) in [5.74, 6) is 0.0174. The van der Waals surface area contributed by atoms with E-state index in [1.807, 2.05) is 49.4 Å². The van der Waals surface area contributed by atoms with E-state index >= 15 is 0 Å². The molecule has 0 aliphatic carbocycles. The van der Waals surface area contributed by atoms with Gasteiger partial charge in [-0.05, 0) is 54.8 Å². The van der Waals surface area contributed by atoms with E-state index in [-0.39, 0.29) is 5.78 Å². The Labute approximate surface area is 189 Å². The minimum atomic E-state index is -3.12. The summed E-state index contributed by atoms with van der Waals surface area (Å²) in [5.41, 5.74) is 5.79. The Balaban J connectivity index is 1.55. The largest absolute Gasteiger partial charge is 0.354 e. The van der Waals surface area contributed by atoms with Crippen molar-refractivity contribution in [2.45, 2.75) is 20.4 Å². The first kappa shape index (κ1) is 22.5. The number of nitrogens with zero attached hydrogens (tertiary/aromatic N) is 2.